The van der Waals surface area contributed by atoms with Crippen molar-refractivity contribution in [3.63, 3.8) is 0 Å². The first kappa shape index (κ1) is 34.9. The summed E-state index contributed by atoms with van der Waals surface area (Å²) in [4.78, 5) is 55.6. The highest BCUT2D eigenvalue weighted by Gasteiger charge is 2.30. The normalized spacial score (nSPS) is 13.1. The zero-order chi connectivity index (χ0) is 34.9. The van der Waals surface area contributed by atoms with Gasteiger partial charge < -0.3 is 20.7 Å². The van der Waals surface area contributed by atoms with E-state index in [4.69, 9.17) is 4.74 Å². The second-order valence-corrected chi connectivity index (χ2v) is 14.5. The summed E-state index contributed by atoms with van der Waals surface area (Å²) in [6.45, 7) is 2.02. The number of fused-ring (bicyclic) bond motifs is 1. The van der Waals surface area contributed by atoms with Gasteiger partial charge in [0.05, 0.1) is 12.2 Å². The van der Waals surface area contributed by atoms with Crippen LogP contribution in [0.3, 0.4) is 0 Å². The van der Waals surface area contributed by atoms with Gasteiger partial charge in [-0.3, -0.25) is 14.4 Å². The van der Waals surface area contributed by atoms with E-state index >= 15 is 0 Å². The van der Waals surface area contributed by atoms with E-state index in [-0.39, 0.29) is 18.2 Å². The molecule has 0 saturated heterocycles. The number of anilines is 2. The molecule has 6 rings (SSSR count). The van der Waals surface area contributed by atoms with E-state index in [2.05, 4.69) is 16.0 Å². The van der Waals surface area contributed by atoms with Crippen molar-refractivity contribution in [1.82, 2.24) is 5.32 Å². The zero-order valence-corrected chi connectivity index (χ0v) is 29.7. The first-order chi connectivity index (χ1) is 24.4. The number of aryl methyl sites for hydroxylation is 1. The quantitative estimate of drug-likeness (QED) is 0.0675. The van der Waals surface area contributed by atoms with Gasteiger partial charge in [-0.1, -0.05) is 54.6 Å². The molecule has 0 spiro atoms. The molecule has 11 heteroatoms. The lowest BCUT2D eigenvalue weighted by molar-refractivity contribution is -0.116. The average Bonchev–Trinajstić information content (AvgIpc) is 3.79. The smallest absolute Gasteiger partial charge is 0.341 e. The molecule has 5 aromatic rings. The molecule has 3 aromatic carbocycles. The average molecular weight is 722 g/mol. The molecule has 3 N–H and O–H groups in total. The van der Waals surface area contributed by atoms with E-state index < -0.39 is 23.0 Å². The monoisotopic (exact) mass is 721 g/mol. The fourth-order valence-electron chi connectivity index (χ4n) is 5.60. The largest absolute Gasteiger partial charge is 0.462 e. The van der Waals surface area contributed by atoms with Crippen molar-refractivity contribution in [2.45, 2.75) is 42.8 Å². The molecule has 2 heterocycles. The zero-order valence-electron chi connectivity index (χ0n) is 27.3. The maximum Gasteiger partial charge on any atom is 0.341 e. The number of hydrogen-bond acceptors (Lipinski definition) is 8. The summed E-state index contributed by atoms with van der Waals surface area (Å²) in [5.74, 6) is -1.58. The number of hydrogen-bond donors (Lipinski definition) is 3. The van der Waals surface area contributed by atoms with Gasteiger partial charge in [0.2, 0.25) is 5.91 Å². The van der Waals surface area contributed by atoms with Gasteiger partial charge in [0.25, 0.3) is 11.8 Å². The number of nitrogens with one attached hydrogen (secondary N) is 3. The number of carbonyl (C=O) groups excluding carboxylic acids is 4. The standard InChI is InChI=1S/C39H35N3O5S3/c1-2-47-39(46)33-30-18-9-10-19-32(30)50-38(33)42-37(45)34(26-12-5-3-6-13-26)49-29-17-11-16-28(23-29)40-36(44)31(22-25-20-21-48-24-25)41-35(43)27-14-7-4-8-15-27/h3-8,11-17,20-24,34H,2,9-10,18-19H2,1H3,(H,40,44)(H,41,43)(H,42,45)/b31-22-. The SMILES string of the molecule is CCOC(=O)c1c(NC(=O)C(Sc2cccc(NC(=O)/C(=C/c3ccsc3)NC(=O)c3ccccc3)c2)c2ccccc2)sc2c1CCCC2. The second kappa shape index (κ2) is 16.6. The van der Waals surface area contributed by atoms with Crippen LogP contribution >= 0.6 is 34.4 Å². The Labute approximate surface area is 303 Å². The number of esters is 1. The molecule has 0 radical (unpaired) electrons. The predicted molar refractivity (Wildman–Crippen MR) is 202 cm³/mol. The third kappa shape index (κ3) is 8.60. The lowest BCUT2D eigenvalue weighted by Gasteiger charge is -2.18. The molecule has 0 aliphatic heterocycles. The van der Waals surface area contributed by atoms with Crippen LogP contribution in [0, 0.1) is 0 Å². The van der Waals surface area contributed by atoms with Gasteiger partial charge >= 0.3 is 5.97 Å². The van der Waals surface area contributed by atoms with Gasteiger partial charge in [-0.2, -0.15) is 11.3 Å². The number of carbonyl (C=O) groups is 4. The summed E-state index contributed by atoms with van der Waals surface area (Å²) in [6.07, 6.45) is 5.32. The Morgan fingerprint density at radius 2 is 1.66 bits per heavy atom. The van der Waals surface area contributed by atoms with Crippen LogP contribution in [0.25, 0.3) is 6.08 Å². The van der Waals surface area contributed by atoms with Crippen LogP contribution in [0.2, 0.25) is 0 Å². The Bertz CT molecular complexity index is 2010. The first-order valence-corrected chi connectivity index (χ1v) is 18.9. The van der Waals surface area contributed by atoms with Crippen LogP contribution in [0.5, 0.6) is 0 Å². The van der Waals surface area contributed by atoms with Crippen molar-refractivity contribution >= 4 is 74.9 Å². The third-order valence-corrected chi connectivity index (χ3v) is 11.1. The van der Waals surface area contributed by atoms with Crippen LogP contribution in [0.15, 0.2) is 112 Å². The van der Waals surface area contributed by atoms with Crippen LogP contribution < -0.4 is 16.0 Å². The topological polar surface area (TPSA) is 114 Å². The highest BCUT2D eigenvalue weighted by Crippen LogP contribution is 2.41. The molecule has 1 aliphatic carbocycles. The van der Waals surface area contributed by atoms with Gasteiger partial charge in [0.15, 0.2) is 0 Å². The van der Waals surface area contributed by atoms with Gasteiger partial charge in [-0.25, -0.2) is 4.79 Å². The van der Waals surface area contributed by atoms with Crippen molar-refractivity contribution in [2.75, 3.05) is 17.2 Å². The van der Waals surface area contributed by atoms with Crippen molar-refractivity contribution in [1.29, 1.82) is 0 Å². The molecule has 254 valence electrons. The number of benzene rings is 3. The van der Waals surface area contributed by atoms with E-state index in [0.29, 0.717) is 21.8 Å². The molecule has 2 aromatic heterocycles. The number of thioether (sulfide) groups is 1. The van der Waals surface area contributed by atoms with Crippen molar-refractivity contribution in [2.24, 2.45) is 0 Å². The highest BCUT2D eigenvalue weighted by atomic mass is 32.2. The fraction of sp³-hybridized carbons (Fsp3) is 0.179. The Hall–Kier alpha value is -4.97. The third-order valence-electron chi connectivity index (χ3n) is 7.96. The summed E-state index contributed by atoms with van der Waals surface area (Å²) < 4.78 is 5.40. The molecular weight excluding hydrogens is 687 g/mol. The van der Waals surface area contributed by atoms with Crippen molar-refractivity contribution in [3.8, 4) is 0 Å². The van der Waals surface area contributed by atoms with Gasteiger partial charge in [0, 0.05) is 21.0 Å². The van der Waals surface area contributed by atoms with Crippen LogP contribution in [0.1, 0.15) is 67.3 Å². The van der Waals surface area contributed by atoms with Crippen molar-refractivity contribution < 1.29 is 23.9 Å². The van der Waals surface area contributed by atoms with Crippen LogP contribution in [0.4, 0.5) is 10.7 Å². The Kier molecular flexibility index (Phi) is 11.6. The van der Waals surface area contributed by atoms with Crippen molar-refractivity contribution in [3.05, 3.63) is 140 Å². The number of thiophene rings is 2. The van der Waals surface area contributed by atoms with E-state index in [1.807, 2.05) is 59.3 Å². The maximum atomic E-state index is 14.1. The first-order valence-electron chi connectivity index (χ1n) is 16.3. The highest BCUT2D eigenvalue weighted by molar-refractivity contribution is 8.00. The minimum Gasteiger partial charge on any atom is -0.462 e. The van der Waals surface area contributed by atoms with E-state index in [9.17, 15) is 19.2 Å². The van der Waals surface area contributed by atoms with Gasteiger partial charge in [-0.15, -0.1) is 23.1 Å². The lowest BCUT2D eigenvalue weighted by atomic mass is 9.95. The van der Waals surface area contributed by atoms with Crippen LogP contribution in [-0.4, -0.2) is 30.3 Å². The Morgan fingerprint density at radius 1 is 0.900 bits per heavy atom. The molecule has 0 saturated carbocycles. The summed E-state index contributed by atoms with van der Waals surface area (Å²) in [6, 6.07) is 27.2. The number of ether oxygens (including phenoxy) is 1. The van der Waals surface area contributed by atoms with E-state index in [1.165, 1.54) is 34.4 Å². The van der Waals surface area contributed by atoms with Crippen LogP contribution in [-0.2, 0) is 27.2 Å². The summed E-state index contributed by atoms with van der Waals surface area (Å²) in [5.41, 5.74) is 4.03. The molecule has 8 nitrogen and oxygen atoms in total. The minimum atomic E-state index is -0.671. The molecule has 1 atom stereocenters. The molecule has 3 amide bonds. The van der Waals surface area contributed by atoms with E-state index in [0.717, 1.165) is 52.1 Å². The minimum absolute atomic E-state index is 0.0906. The maximum absolute atomic E-state index is 14.1. The summed E-state index contributed by atoms with van der Waals surface area (Å²) in [7, 11) is 0. The predicted octanol–water partition coefficient (Wildman–Crippen LogP) is 8.75. The van der Waals surface area contributed by atoms with E-state index in [1.54, 1.807) is 55.5 Å². The van der Waals surface area contributed by atoms with Gasteiger partial charge in [0.1, 0.15) is 15.9 Å². The number of amides is 3. The molecule has 0 fully saturated rings. The number of rotatable bonds is 12. The second-order valence-electron chi connectivity index (χ2n) is 11.5. The fourth-order valence-corrected chi connectivity index (χ4v) is 8.58. The molecule has 50 heavy (non-hydrogen) atoms. The molecule has 1 unspecified atom stereocenters. The Balaban J connectivity index is 1.23. The summed E-state index contributed by atoms with van der Waals surface area (Å²) in [5, 5.41) is 12.4. The summed E-state index contributed by atoms with van der Waals surface area (Å²) >= 11 is 4.27. The molecule has 1 aliphatic rings. The molecular formula is C39H35N3O5S3. The van der Waals surface area contributed by atoms with Gasteiger partial charge in [-0.05, 0) is 103 Å². The lowest BCUT2D eigenvalue weighted by Crippen LogP contribution is -2.30. The molecule has 0 bridgehead atoms. The Morgan fingerprint density at radius 3 is 2.40 bits per heavy atom.